The molecule has 0 fully saturated rings. The normalized spacial score (nSPS) is 9.71. The fourth-order valence-electron chi connectivity index (χ4n) is 1.09. The first-order chi connectivity index (χ1) is 6.67. The molecule has 0 N–H and O–H groups in total. The molecular formula is C11H15ClN2. The van der Waals surface area contributed by atoms with E-state index in [1.54, 1.807) is 0 Å². The molecule has 0 aromatic carbocycles. The second-order valence-electron chi connectivity index (χ2n) is 3.20. The topological polar surface area (TPSA) is 17.3 Å². The molecule has 2 aromatic rings. The number of halogens is 1. The minimum absolute atomic E-state index is 0.731. The molecule has 0 bridgehead atoms. The lowest BCUT2D eigenvalue weighted by molar-refractivity contribution is 1.09. The lowest BCUT2D eigenvalue weighted by atomic mass is 10.5. The first-order valence-electron chi connectivity index (χ1n) is 4.78. The molecule has 0 spiro atoms. The Hall–Kier alpha value is -1.02. The number of nitrogens with zero attached hydrogens (tertiary/aromatic N) is 2. The van der Waals surface area contributed by atoms with Crippen molar-refractivity contribution >= 4 is 17.2 Å². The molecule has 0 unspecified atom stereocenters. The molecule has 0 aliphatic carbocycles. The molecule has 0 amide bonds. The molecule has 0 aliphatic heterocycles. The van der Waals surface area contributed by atoms with Crippen LogP contribution in [0.1, 0.15) is 26.0 Å². The summed E-state index contributed by atoms with van der Waals surface area (Å²) in [6.07, 6.45) is 5.04. The second kappa shape index (κ2) is 5.01. The van der Waals surface area contributed by atoms with Crippen molar-refractivity contribution in [1.29, 1.82) is 0 Å². The number of rotatable bonds is 0. The fourth-order valence-corrected chi connectivity index (χ4v) is 1.26. The van der Waals surface area contributed by atoms with E-state index in [1.807, 2.05) is 35.9 Å². The summed E-state index contributed by atoms with van der Waals surface area (Å²) >= 11 is 5.78. The van der Waals surface area contributed by atoms with Gasteiger partial charge in [0.1, 0.15) is 5.65 Å². The van der Waals surface area contributed by atoms with Gasteiger partial charge in [0.05, 0.1) is 10.7 Å². The van der Waals surface area contributed by atoms with Crippen LogP contribution in [0.15, 0.2) is 24.5 Å². The zero-order valence-corrected chi connectivity index (χ0v) is 9.54. The zero-order valence-electron chi connectivity index (χ0n) is 8.79. The van der Waals surface area contributed by atoms with Crippen LogP contribution in [-0.2, 0) is 0 Å². The smallest absolute Gasteiger partial charge is 0.137 e. The Kier molecular flexibility index (Phi) is 3.96. The SMILES string of the molecule is CCC.Cc1cn2cc(Cl)ccc2n1. The van der Waals surface area contributed by atoms with Gasteiger partial charge in [-0.15, -0.1) is 0 Å². The monoisotopic (exact) mass is 210 g/mol. The van der Waals surface area contributed by atoms with Crippen molar-refractivity contribution < 1.29 is 0 Å². The average molecular weight is 211 g/mol. The number of imidazole rings is 1. The fraction of sp³-hybridized carbons (Fsp3) is 0.364. The van der Waals surface area contributed by atoms with E-state index in [0.717, 1.165) is 16.4 Å². The van der Waals surface area contributed by atoms with Gasteiger partial charge in [-0.25, -0.2) is 4.98 Å². The summed E-state index contributed by atoms with van der Waals surface area (Å²) in [5.41, 5.74) is 1.94. The summed E-state index contributed by atoms with van der Waals surface area (Å²) in [6, 6.07) is 3.73. The third kappa shape index (κ3) is 2.74. The molecule has 0 radical (unpaired) electrons. The van der Waals surface area contributed by atoms with E-state index in [0.29, 0.717) is 0 Å². The lowest BCUT2D eigenvalue weighted by Gasteiger charge is -1.91. The Morgan fingerprint density at radius 3 is 2.57 bits per heavy atom. The van der Waals surface area contributed by atoms with E-state index < -0.39 is 0 Å². The first kappa shape index (κ1) is 11.1. The van der Waals surface area contributed by atoms with Crippen molar-refractivity contribution in [3.8, 4) is 0 Å². The molecule has 2 nitrogen and oxygen atoms in total. The zero-order chi connectivity index (χ0) is 10.6. The van der Waals surface area contributed by atoms with Gasteiger partial charge in [-0.3, -0.25) is 0 Å². The molecule has 3 heteroatoms. The maximum atomic E-state index is 5.78. The number of aromatic nitrogens is 2. The average Bonchev–Trinajstić information content (AvgIpc) is 2.45. The van der Waals surface area contributed by atoms with Crippen molar-refractivity contribution in [3.63, 3.8) is 0 Å². The Morgan fingerprint density at radius 2 is 1.93 bits per heavy atom. The van der Waals surface area contributed by atoms with Crippen LogP contribution in [0.25, 0.3) is 5.65 Å². The van der Waals surface area contributed by atoms with Gasteiger partial charge in [-0.05, 0) is 19.1 Å². The van der Waals surface area contributed by atoms with Gasteiger partial charge in [0.15, 0.2) is 0 Å². The third-order valence-corrected chi connectivity index (χ3v) is 1.76. The number of hydrogen-bond donors (Lipinski definition) is 0. The summed E-state index contributed by atoms with van der Waals surface area (Å²) in [6.45, 7) is 6.21. The van der Waals surface area contributed by atoms with E-state index >= 15 is 0 Å². The highest BCUT2D eigenvalue weighted by molar-refractivity contribution is 6.30. The van der Waals surface area contributed by atoms with Crippen molar-refractivity contribution in [2.45, 2.75) is 27.2 Å². The molecule has 0 saturated heterocycles. The molecule has 2 aromatic heterocycles. The largest absolute Gasteiger partial charge is 0.305 e. The second-order valence-corrected chi connectivity index (χ2v) is 3.64. The van der Waals surface area contributed by atoms with Crippen LogP contribution in [-0.4, -0.2) is 9.38 Å². The number of aryl methyl sites for hydroxylation is 1. The van der Waals surface area contributed by atoms with Crippen molar-refractivity contribution in [1.82, 2.24) is 9.38 Å². The molecule has 0 atom stereocenters. The Morgan fingerprint density at radius 1 is 1.29 bits per heavy atom. The Labute approximate surface area is 89.5 Å². The third-order valence-electron chi connectivity index (χ3n) is 1.54. The van der Waals surface area contributed by atoms with E-state index in [4.69, 9.17) is 11.6 Å². The highest BCUT2D eigenvalue weighted by atomic mass is 35.5. The van der Waals surface area contributed by atoms with Gasteiger partial charge >= 0.3 is 0 Å². The predicted octanol–water partition coefficient (Wildman–Crippen LogP) is 3.71. The van der Waals surface area contributed by atoms with Gasteiger partial charge in [0.25, 0.3) is 0 Å². The summed E-state index contributed by atoms with van der Waals surface area (Å²) < 4.78 is 1.91. The molecular weight excluding hydrogens is 196 g/mol. The number of pyridine rings is 1. The summed E-state index contributed by atoms with van der Waals surface area (Å²) in [5.74, 6) is 0. The predicted molar refractivity (Wildman–Crippen MR) is 60.9 cm³/mol. The van der Waals surface area contributed by atoms with Crippen LogP contribution in [0.4, 0.5) is 0 Å². The summed E-state index contributed by atoms with van der Waals surface area (Å²) in [5, 5.41) is 0.731. The quantitative estimate of drug-likeness (QED) is 0.648. The number of hydrogen-bond acceptors (Lipinski definition) is 1. The van der Waals surface area contributed by atoms with Crippen LogP contribution in [0.5, 0.6) is 0 Å². The van der Waals surface area contributed by atoms with Crippen molar-refractivity contribution in [2.24, 2.45) is 0 Å². The molecule has 0 aliphatic rings. The number of fused-ring (bicyclic) bond motifs is 1. The highest BCUT2D eigenvalue weighted by Gasteiger charge is 1.95. The molecule has 0 saturated carbocycles. The van der Waals surface area contributed by atoms with Gasteiger partial charge in [-0.2, -0.15) is 0 Å². The van der Waals surface area contributed by atoms with E-state index in [9.17, 15) is 0 Å². The van der Waals surface area contributed by atoms with Gasteiger partial charge in [-0.1, -0.05) is 31.9 Å². The van der Waals surface area contributed by atoms with Crippen LogP contribution >= 0.6 is 11.6 Å². The molecule has 2 rings (SSSR count). The minimum atomic E-state index is 0.731. The van der Waals surface area contributed by atoms with Crippen molar-refractivity contribution in [3.05, 3.63) is 35.2 Å². The summed E-state index contributed by atoms with van der Waals surface area (Å²) in [7, 11) is 0. The lowest BCUT2D eigenvalue weighted by Crippen LogP contribution is -1.79. The molecule has 14 heavy (non-hydrogen) atoms. The Balaban J connectivity index is 0.000000293. The van der Waals surface area contributed by atoms with E-state index in [1.165, 1.54) is 6.42 Å². The van der Waals surface area contributed by atoms with Crippen LogP contribution in [0.2, 0.25) is 5.02 Å². The molecule has 76 valence electrons. The maximum absolute atomic E-state index is 5.78. The van der Waals surface area contributed by atoms with Gasteiger partial charge in [0.2, 0.25) is 0 Å². The van der Waals surface area contributed by atoms with Crippen LogP contribution < -0.4 is 0 Å². The highest BCUT2D eigenvalue weighted by Crippen LogP contribution is 2.10. The van der Waals surface area contributed by atoms with Crippen molar-refractivity contribution in [2.75, 3.05) is 0 Å². The van der Waals surface area contributed by atoms with E-state index in [-0.39, 0.29) is 0 Å². The Bertz CT molecular complexity index is 407. The summed E-state index contributed by atoms with van der Waals surface area (Å²) in [4.78, 5) is 4.26. The van der Waals surface area contributed by atoms with Gasteiger partial charge in [0, 0.05) is 12.4 Å². The van der Waals surface area contributed by atoms with E-state index in [2.05, 4.69) is 18.8 Å². The van der Waals surface area contributed by atoms with Gasteiger partial charge < -0.3 is 4.40 Å². The van der Waals surface area contributed by atoms with Crippen LogP contribution in [0.3, 0.4) is 0 Å². The molecule has 2 heterocycles. The van der Waals surface area contributed by atoms with Crippen LogP contribution in [0, 0.1) is 6.92 Å². The maximum Gasteiger partial charge on any atom is 0.137 e. The standard InChI is InChI=1S/C8H7ClN2.C3H8/c1-6-4-11-5-7(9)2-3-8(11)10-6;1-3-2/h2-5H,1H3;3H2,1-2H3. The first-order valence-corrected chi connectivity index (χ1v) is 5.16. The minimum Gasteiger partial charge on any atom is -0.305 e.